The second-order valence-corrected chi connectivity index (χ2v) is 4.38. The van der Waals surface area contributed by atoms with E-state index in [9.17, 15) is 4.79 Å². The van der Waals surface area contributed by atoms with Crippen molar-refractivity contribution in [3.05, 3.63) is 36.0 Å². The lowest BCUT2D eigenvalue weighted by atomic mass is 10.1. The maximum atomic E-state index is 11.2. The van der Waals surface area contributed by atoms with E-state index < -0.39 is 0 Å². The Morgan fingerprint density at radius 2 is 2.22 bits per heavy atom. The molecule has 0 unspecified atom stereocenters. The number of aromatic nitrogens is 1. The minimum Gasteiger partial charge on any atom is -0.359 e. The second-order valence-electron chi connectivity index (χ2n) is 4.38. The zero-order valence-corrected chi connectivity index (χ0v) is 10.6. The fourth-order valence-corrected chi connectivity index (χ4v) is 2.09. The summed E-state index contributed by atoms with van der Waals surface area (Å²) in [6.07, 6.45) is 3.47. The summed E-state index contributed by atoms with van der Waals surface area (Å²) in [6.45, 7) is 1.41. The molecule has 4 heteroatoms. The van der Waals surface area contributed by atoms with Crippen molar-refractivity contribution in [3.63, 3.8) is 0 Å². The van der Waals surface area contributed by atoms with Gasteiger partial charge in [0.2, 0.25) is 5.91 Å². The van der Waals surface area contributed by atoms with Crippen molar-refractivity contribution < 1.29 is 4.79 Å². The fraction of sp³-hybridized carbons (Fsp3) is 0.357. The van der Waals surface area contributed by atoms with Crippen LogP contribution >= 0.6 is 0 Å². The van der Waals surface area contributed by atoms with Gasteiger partial charge in [-0.1, -0.05) is 12.1 Å². The largest absolute Gasteiger partial charge is 0.359 e. The highest BCUT2D eigenvalue weighted by Gasteiger charge is 2.03. The van der Waals surface area contributed by atoms with Gasteiger partial charge in [-0.15, -0.1) is 0 Å². The SMILES string of the molecule is CNC(=O)CCCn1ccc2ccc(CN)cc21. The summed E-state index contributed by atoms with van der Waals surface area (Å²) >= 11 is 0. The third kappa shape index (κ3) is 2.71. The van der Waals surface area contributed by atoms with Crippen molar-refractivity contribution in [2.75, 3.05) is 7.05 Å². The molecule has 4 nitrogen and oxygen atoms in total. The molecule has 2 aromatic rings. The molecule has 1 amide bonds. The van der Waals surface area contributed by atoms with E-state index in [-0.39, 0.29) is 5.91 Å². The first-order chi connectivity index (χ1) is 8.74. The number of nitrogens with one attached hydrogen (secondary N) is 1. The summed E-state index contributed by atoms with van der Waals surface area (Å²) in [5.41, 5.74) is 7.98. The number of rotatable bonds is 5. The Morgan fingerprint density at radius 1 is 1.39 bits per heavy atom. The number of amides is 1. The van der Waals surface area contributed by atoms with E-state index in [0.29, 0.717) is 13.0 Å². The van der Waals surface area contributed by atoms with Crippen LogP contribution in [0.15, 0.2) is 30.5 Å². The van der Waals surface area contributed by atoms with Gasteiger partial charge < -0.3 is 15.6 Å². The first kappa shape index (κ1) is 12.6. The van der Waals surface area contributed by atoms with Crippen molar-refractivity contribution >= 4 is 16.8 Å². The molecule has 0 aliphatic heterocycles. The minimum atomic E-state index is 0.0918. The van der Waals surface area contributed by atoms with E-state index in [4.69, 9.17) is 5.73 Å². The highest BCUT2D eigenvalue weighted by Crippen LogP contribution is 2.18. The van der Waals surface area contributed by atoms with Crippen molar-refractivity contribution in [2.45, 2.75) is 25.9 Å². The molecule has 1 heterocycles. The standard InChI is InChI=1S/C14H19N3O/c1-16-14(18)3-2-7-17-8-6-12-5-4-11(10-15)9-13(12)17/h4-6,8-9H,2-3,7,10,15H2,1H3,(H,16,18). The Bertz CT molecular complexity index is 545. The van der Waals surface area contributed by atoms with Crippen LogP contribution in [-0.2, 0) is 17.9 Å². The molecule has 96 valence electrons. The lowest BCUT2D eigenvalue weighted by Gasteiger charge is -2.06. The Hall–Kier alpha value is -1.81. The summed E-state index contributed by atoms with van der Waals surface area (Å²) in [4.78, 5) is 11.2. The van der Waals surface area contributed by atoms with Gasteiger partial charge in [-0.05, 0) is 29.5 Å². The molecule has 0 aliphatic carbocycles. The van der Waals surface area contributed by atoms with Gasteiger partial charge in [0.1, 0.15) is 0 Å². The highest BCUT2D eigenvalue weighted by atomic mass is 16.1. The van der Waals surface area contributed by atoms with Gasteiger partial charge in [0, 0.05) is 38.3 Å². The monoisotopic (exact) mass is 245 g/mol. The first-order valence-corrected chi connectivity index (χ1v) is 6.23. The van der Waals surface area contributed by atoms with Crippen LogP contribution < -0.4 is 11.1 Å². The Kier molecular flexibility index (Phi) is 3.99. The molecule has 0 spiro atoms. The number of carbonyl (C=O) groups is 1. The van der Waals surface area contributed by atoms with Crippen LogP contribution in [0.2, 0.25) is 0 Å². The summed E-state index contributed by atoms with van der Waals surface area (Å²) in [7, 11) is 1.67. The number of aryl methyl sites for hydroxylation is 1. The Morgan fingerprint density at radius 3 is 2.94 bits per heavy atom. The van der Waals surface area contributed by atoms with Crippen LogP contribution in [0.3, 0.4) is 0 Å². The van der Waals surface area contributed by atoms with E-state index in [0.717, 1.165) is 18.5 Å². The van der Waals surface area contributed by atoms with Crippen LogP contribution in [-0.4, -0.2) is 17.5 Å². The molecule has 1 aromatic heterocycles. The molecule has 0 atom stereocenters. The molecule has 0 aliphatic rings. The third-order valence-corrected chi connectivity index (χ3v) is 3.16. The lowest BCUT2D eigenvalue weighted by molar-refractivity contribution is -0.120. The number of hydrogen-bond acceptors (Lipinski definition) is 2. The molecule has 18 heavy (non-hydrogen) atoms. The number of hydrogen-bond donors (Lipinski definition) is 2. The maximum absolute atomic E-state index is 11.2. The van der Waals surface area contributed by atoms with Gasteiger partial charge in [-0.3, -0.25) is 4.79 Å². The number of nitrogens with zero attached hydrogens (tertiary/aromatic N) is 1. The zero-order chi connectivity index (χ0) is 13.0. The van der Waals surface area contributed by atoms with Crippen LogP contribution in [0, 0.1) is 0 Å². The van der Waals surface area contributed by atoms with Gasteiger partial charge in [0.15, 0.2) is 0 Å². The molecule has 0 saturated carbocycles. The van der Waals surface area contributed by atoms with Crippen molar-refractivity contribution in [1.82, 2.24) is 9.88 Å². The van der Waals surface area contributed by atoms with Gasteiger partial charge in [0.25, 0.3) is 0 Å². The normalized spacial score (nSPS) is 10.8. The van der Waals surface area contributed by atoms with Gasteiger partial charge in [0.05, 0.1) is 0 Å². The minimum absolute atomic E-state index is 0.0918. The van der Waals surface area contributed by atoms with Crippen LogP contribution in [0.5, 0.6) is 0 Å². The number of carbonyl (C=O) groups excluding carboxylic acids is 1. The topological polar surface area (TPSA) is 60.0 Å². The van der Waals surface area contributed by atoms with Gasteiger partial charge >= 0.3 is 0 Å². The molecule has 2 rings (SSSR count). The van der Waals surface area contributed by atoms with Crippen molar-refractivity contribution in [3.8, 4) is 0 Å². The van der Waals surface area contributed by atoms with Crippen LogP contribution in [0.1, 0.15) is 18.4 Å². The van der Waals surface area contributed by atoms with E-state index in [1.807, 2.05) is 0 Å². The quantitative estimate of drug-likeness (QED) is 0.841. The van der Waals surface area contributed by atoms with Gasteiger partial charge in [-0.2, -0.15) is 0 Å². The molecule has 3 N–H and O–H groups in total. The van der Waals surface area contributed by atoms with E-state index >= 15 is 0 Å². The molecule has 0 bridgehead atoms. The average molecular weight is 245 g/mol. The van der Waals surface area contributed by atoms with E-state index in [2.05, 4.69) is 40.3 Å². The lowest BCUT2D eigenvalue weighted by Crippen LogP contribution is -2.17. The Balaban J connectivity index is 2.10. The molecule has 0 radical (unpaired) electrons. The fourth-order valence-electron chi connectivity index (χ4n) is 2.09. The smallest absolute Gasteiger partial charge is 0.219 e. The number of nitrogens with two attached hydrogens (primary N) is 1. The molecule has 1 aromatic carbocycles. The van der Waals surface area contributed by atoms with Gasteiger partial charge in [-0.25, -0.2) is 0 Å². The zero-order valence-electron chi connectivity index (χ0n) is 10.6. The first-order valence-electron chi connectivity index (χ1n) is 6.23. The summed E-state index contributed by atoms with van der Waals surface area (Å²) in [6, 6.07) is 8.36. The molecule has 0 saturated heterocycles. The van der Waals surface area contributed by atoms with Crippen LogP contribution in [0.25, 0.3) is 10.9 Å². The molecular formula is C14H19N3O. The molecular weight excluding hydrogens is 226 g/mol. The second kappa shape index (κ2) is 5.69. The maximum Gasteiger partial charge on any atom is 0.219 e. The highest BCUT2D eigenvalue weighted by molar-refractivity contribution is 5.81. The third-order valence-electron chi connectivity index (χ3n) is 3.16. The predicted octanol–water partition coefficient (Wildman–Crippen LogP) is 1.63. The van der Waals surface area contributed by atoms with Crippen molar-refractivity contribution in [1.29, 1.82) is 0 Å². The summed E-state index contributed by atoms with van der Waals surface area (Å²) in [5.74, 6) is 0.0918. The van der Waals surface area contributed by atoms with Crippen molar-refractivity contribution in [2.24, 2.45) is 5.73 Å². The number of benzene rings is 1. The molecule has 0 fully saturated rings. The summed E-state index contributed by atoms with van der Waals surface area (Å²) < 4.78 is 2.18. The van der Waals surface area contributed by atoms with E-state index in [1.165, 1.54) is 10.9 Å². The number of fused-ring (bicyclic) bond motifs is 1. The summed E-state index contributed by atoms with van der Waals surface area (Å²) in [5, 5.41) is 3.85. The predicted molar refractivity (Wildman–Crippen MR) is 73.1 cm³/mol. The van der Waals surface area contributed by atoms with E-state index in [1.54, 1.807) is 7.05 Å². The Labute approximate surface area is 107 Å². The van der Waals surface area contributed by atoms with Crippen LogP contribution in [0.4, 0.5) is 0 Å². The average Bonchev–Trinajstić information content (AvgIpc) is 2.81.